The first kappa shape index (κ1) is 21.3. The van der Waals surface area contributed by atoms with E-state index in [4.69, 9.17) is 9.47 Å². The lowest BCUT2D eigenvalue weighted by atomic mass is 10.1. The van der Waals surface area contributed by atoms with E-state index in [0.717, 1.165) is 6.26 Å². The summed E-state index contributed by atoms with van der Waals surface area (Å²) in [7, 11) is -3.22. The number of hydrogen-bond acceptors (Lipinski definition) is 7. The van der Waals surface area contributed by atoms with Gasteiger partial charge in [-0.15, -0.1) is 0 Å². The van der Waals surface area contributed by atoms with E-state index >= 15 is 0 Å². The normalized spacial score (nSPS) is 19.7. The Labute approximate surface area is 159 Å². The Balaban J connectivity index is 2.19. The van der Waals surface area contributed by atoms with Crippen LogP contribution in [0.4, 0.5) is 5.69 Å². The van der Waals surface area contributed by atoms with Gasteiger partial charge in [0.25, 0.3) is 5.91 Å². The number of amides is 1. The van der Waals surface area contributed by atoms with E-state index in [2.05, 4.69) is 0 Å². The van der Waals surface area contributed by atoms with Crippen LogP contribution in [0.15, 0.2) is 24.3 Å². The van der Waals surface area contributed by atoms with Crippen LogP contribution >= 0.6 is 0 Å². The van der Waals surface area contributed by atoms with Crippen LogP contribution in [0.1, 0.15) is 26.3 Å². The van der Waals surface area contributed by atoms with Gasteiger partial charge in [-0.05, 0) is 38.5 Å². The summed E-state index contributed by atoms with van der Waals surface area (Å²) in [5.41, 5.74) is 0.208. The van der Waals surface area contributed by atoms with Crippen LogP contribution in [0.5, 0.6) is 0 Å². The van der Waals surface area contributed by atoms with Crippen LogP contribution in [0.3, 0.4) is 0 Å². The van der Waals surface area contributed by atoms with Crippen molar-refractivity contribution in [3.8, 4) is 0 Å². The molecule has 1 aromatic carbocycles. The second kappa shape index (κ2) is 7.95. The predicted molar refractivity (Wildman–Crippen MR) is 98.9 cm³/mol. The standard InChI is InChI=1S/C18H25NO7S/c1-18(2,3)26-17(22)14(20)15-16(21)19(8-9-25-15)13-7-5-6-12(10-13)11-27(4,23)24/h5-7,10,14-15,20H,8-9,11H2,1-4H3/t14-,15-/m1/s1. The van der Waals surface area contributed by atoms with Gasteiger partial charge in [-0.2, -0.15) is 0 Å². The molecule has 0 saturated carbocycles. The van der Waals surface area contributed by atoms with Gasteiger partial charge < -0.3 is 19.5 Å². The van der Waals surface area contributed by atoms with Crippen molar-refractivity contribution in [1.82, 2.24) is 0 Å². The van der Waals surface area contributed by atoms with Crippen molar-refractivity contribution in [2.45, 2.75) is 44.3 Å². The van der Waals surface area contributed by atoms with Crippen molar-refractivity contribution in [3.05, 3.63) is 29.8 Å². The predicted octanol–water partition coefficient (Wildman–Crippen LogP) is 0.666. The molecule has 1 aliphatic rings. The average Bonchev–Trinajstić information content (AvgIpc) is 2.51. The number of anilines is 1. The summed E-state index contributed by atoms with van der Waals surface area (Å²) in [6.07, 6.45) is -2.00. The maximum absolute atomic E-state index is 12.7. The van der Waals surface area contributed by atoms with Crippen molar-refractivity contribution < 1.29 is 32.6 Å². The summed E-state index contributed by atoms with van der Waals surface area (Å²) in [6.45, 7) is 5.30. The molecule has 0 spiro atoms. The largest absolute Gasteiger partial charge is 0.458 e. The van der Waals surface area contributed by atoms with Crippen LogP contribution in [0.2, 0.25) is 0 Å². The van der Waals surface area contributed by atoms with E-state index in [1.165, 1.54) is 4.90 Å². The number of esters is 1. The van der Waals surface area contributed by atoms with Crippen LogP contribution in [-0.2, 0) is 34.7 Å². The highest BCUT2D eigenvalue weighted by Crippen LogP contribution is 2.23. The minimum absolute atomic E-state index is 0.118. The zero-order valence-corrected chi connectivity index (χ0v) is 16.7. The van der Waals surface area contributed by atoms with Crippen LogP contribution in [-0.4, -0.2) is 62.6 Å². The average molecular weight is 399 g/mol. The summed E-state index contributed by atoms with van der Waals surface area (Å²) in [5.74, 6) is -1.67. The molecule has 0 radical (unpaired) electrons. The second-order valence-electron chi connectivity index (χ2n) is 7.50. The van der Waals surface area contributed by atoms with E-state index < -0.39 is 39.5 Å². The Morgan fingerprint density at radius 1 is 1.41 bits per heavy atom. The van der Waals surface area contributed by atoms with Crippen LogP contribution < -0.4 is 4.90 Å². The van der Waals surface area contributed by atoms with Crippen molar-refractivity contribution in [3.63, 3.8) is 0 Å². The fraction of sp³-hybridized carbons (Fsp3) is 0.556. The van der Waals surface area contributed by atoms with Crippen molar-refractivity contribution in [1.29, 1.82) is 0 Å². The molecule has 1 saturated heterocycles. The number of aliphatic hydroxyl groups excluding tert-OH is 1. The molecular weight excluding hydrogens is 374 g/mol. The number of carbonyl (C=O) groups excluding carboxylic acids is 2. The number of hydrogen-bond donors (Lipinski definition) is 1. The molecule has 150 valence electrons. The first-order chi connectivity index (χ1) is 12.4. The zero-order chi connectivity index (χ0) is 20.4. The van der Waals surface area contributed by atoms with Gasteiger partial charge >= 0.3 is 5.97 Å². The van der Waals surface area contributed by atoms with Crippen LogP contribution in [0.25, 0.3) is 0 Å². The SMILES string of the molecule is CC(C)(C)OC(=O)[C@H](O)[C@H]1OCCN(c2cccc(CS(C)(=O)=O)c2)C1=O. The van der Waals surface area contributed by atoms with Gasteiger partial charge in [0, 0.05) is 18.5 Å². The Kier molecular flexibility index (Phi) is 6.28. The number of rotatable bonds is 5. The number of sulfone groups is 1. The number of ether oxygens (including phenoxy) is 2. The molecule has 8 nitrogen and oxygen atoms in total. The van der Waals surface area contributed by atoms with Gasteiger partial charge in [-0.1, -0.05) is 12.1 Å². The van der Waals surface area contributed by atoms with Gasteiger partial charge in [-0.3, -0.25) is 4.79 Å². The summed E-state index contributed by atoms with van der Waals surface area (Å²) in [4.78, 5) is 26.2. The molecule has 0 aliphatic carbocycles. The molecule has 1 N–H and O–H groups in total. The lowest BCUT2D eigenvalue weighted by molar-refractivity contribution is -0.177. The molecule has 1 heterocycles. The quantitative estimate of drug-likeness (QED) is 0.725. The lowest BCUT2D eigenvalue weighted by Gasteiger charge is -2.34. The number of benzene rings is 1. The highest BCUT2D eigenvalue weighted by molar-refractivity contribution is 7.89. The Hall–Kier alpha value is -1.97. The van der Waals surface area contributed by atoms with Gasteiger partial charge in [0.2, 0.25) is 0 Å². The van der Waals surface area contributed by atoms with Gasteiger partial charge in [0.05, 0.1) is 12.4 Å². The Morgan fingerprint density at radius 3 is 2.67 bits per heavy atom. The summed E-state index contributed by atoms with van der Waals surface area (Å²) in [5, 5.41) is 10.2. The summed E-state index contributed by atoms with van der Waals surface area (Å²) < 4.78 is 33.4. The smallest absolute Gasteiger partial charge is 0.338 e. The fourth-order valence-corrected chi connectivity index (χ4v) is 3.48. The topological polar surface area (TPSA) is 110 Å². The first-order valence-corrected chi connectivity index (χ1v) is 10.5. The van der Waals surface area contributed by atoms with Crippen LogP contribution in [0, 0.1) is 0 Å². The van der Waals surface area contributed by atoms with Gasteiger partial charge in [-0.25, -0.2) is 13.2 Å². The molecule has 2 rings (SSSR count). The fourth-order valence-electron chi connectivity index (χ4n) is 2.69. The minimum Gasteiger partial charge on any atom is -0.458 e. The van der Waals surface area contributed by atoms with E-state index in [9.17, 15) is 23.1 Å². The highest BCUT2D eigenvalue weighted by Gasteiger charge is 2.41. The summed E-state index contributed by atoms with van der Waals surface area (Å²) in [6, 6.07) is 6.56. The maximum atomic E-state index is 12.7. The molecule has 2 atom stereocenters. The third-order valence-corrected chi connectivity index (χ3v) is 4.57. The second-order valence-corrected chi connectivity index (χ2v) is 9.64. The molecule has 1 fully saturated rings. The van der Waals surface area contributed by atoms with Gasteiger partial charge in [0.15, 0.2) is 22.0 Å². The number of aliphatic hydroxyl groups is 1. The molecule has 27 heavy (non-hydrogen) atoms. The molecule has 0 bridgehead atoms. The third-order valence-electron chi connectivity index (χ3n) is 3.71. The molecule has 1 aliphatic heterocycles. The molecule has 0 unspecified atom stereocenters. The zero-order valence-electron chi connectivity index (χ0n) is 15.8. The van der Waals surface area contributed by atoms with Crippen molar-refractivity contribution in [2.24, 2.45) is 0 Å². The molecule has 9 heteroatoms. The monoisotopic (exact) mass is 399 g/mol. The number of morpholine rings is 1. The third kappa shape index (κ3) is 6.02. The Morgan fingerprint density at radius 2 is 2.07 bits per heavy atom. The molecular formula is C18H25NO7S. The van der Waals surface area contributed by atoms with Crippen molar-refractivity contribution >= 4 is 27.4 Å². The lowest BCUT2D eigenvalue weighted by Crippen LogP contribution is -2.55. The van der Waals surface area contributed by atoms with E-state index in [-0.39, 0.29) is 18.9 Å². The molecule has 1 aromatic rings. The maximum Gasteiger partial charge on any atom is 0.338 e. The molecule has 1 amide bonds. The summed E-state index contributed by atoms with van der Waals surface area (Å²) >= 11 is 0. The van der Waals surface area contributed by atoms with Crippen molar-refractivity contribution in [2.75, 3.05) is 24.3 Å². The van der Waals surface area contributed by atoms with E-state index in [1.54, 1.807) is 45.0 Å². The minimum atomic E-state index is -3.22. The van der Waals surface area contributed by atoms with E-state index in [1.807, 2.05) is 0 Å². The van der Waals surface area contributed by atoms with E-state index in [0.29, 0.717) is 11.3 Å². The molecule has 0 aromatic heterocycles. The highest BCUT2D eigenvalue weighted by atomic mass is 32.2. The Bertz CT molecular complexity index is 813. The van der Waals surface area contributed by atoms with Gasteiger partial charge in [0.1, 0.15) is 5.60 Å². The number of nitrogens with zero attached hydrogens (tertiary/aromatic N) is 1. The first-order valence-electron chi connectivity index (χ1n) is 8.48. The number of carbonyl (C=O) groups is 2.